The van der Waals surface area contributed by atoms with Crippen LogP contribution in [0.2, 0.25) is 0 Å². The topological polar surface area (TPSA) is 34.6 Å². The standard InChI is InChI=1S/C17H28N2O2/c1-5-14-6-7-15(16(18-14)12-19(2)3)17(13-20-4)8-10-21-11-9-17/h6-7H,5,8-13H2,1-4H3. The molecule has 0 unspecified atom stereocenters. The average molecular weight is 292 g/mol. The van der Waals surface area contributed by atoms with Gasteiger partial charge in [0.15, 0.2) is 0 Å². The highest BCUT2D eigenvalue weighted by Crippen LogP contribution is 2.37. The summed E-state index contributed by atoms with van der Waals surface area (Å²) in [6, 6.07) is 4.44. The Labute approximate surface area is 128 Å². The van der Waals surface area contributed by atoms with Crippen LogP contribution in [0, 0.1) is 0 Å². The first-order valence-corrected chi connectivity index (χ1v) is 7.82. The highest BCUT2D eigenvalue weighted by Gasteiger charge is 2.36. The lowest BCUT2D eigenvalue weighted by atomic mass is 9.74. The number of hydrogen-bond donors (Lipinski definition) is 0. The van der Waals surface area contributed by atoms with E-state index < -0.39 is 0 Å². The molecule has 1 saturated heterocycles. The normalized spacial score (nSPS) is 18.1. The fourth-order valence-corrected chi connectivity index (χ4v) is 3.18. The van der Waals surface area contributed by atoms with Gasteiger partial charge in [0, 0.05) is 38.0 Å². The molecule has 0 bridgehead atoms. The molecule has 0 spiro atoms. The van der Waals surface area contributed by atoms with E-state index in [1.165, 1.54) is 11.3 Å². The summed E-state index contributed by atoms with van der Waals surface area (Å²) in [5.41, 5.74) is 3.75. The molecule has 0 saturated carbocycles. The number of nitrogens with zero attached hydrogens (tertiary/aromatic N) is 2. The Morgan fingerprint density at radius 3 is 2.57 bits per heavy atom. The third-order valence-electron chi connectivity index (χ3n) is 4.30. The number of aromatic nitrogens is 1. The molecule has 0 aromatic carbocycles. The summed E-state index contributed by atoms with van der Waals surface area (Å²) in [7, 11) is 5.98. The quantitative estimate of drug-likeness (QED) is 0.806. The lowest BCUT2D eigenvalue weighted by Crippen LogP contribution is -2.39. The Hall–Kier alpha value is -0.970. The zero-order valence-electron chi connectivity index (χ0n) is 13.8. The van der Waals surface area contributed by atoms with Crippen LogP contribution >= 0.6 is 0 Å². The molecule has 0 amide bonds. The van der Waals surface area contributed by atoms with Crippen LogP contribution in [0.15, 0.2) is 12.1 Å². The predicted molar refractivity (Wildman–Crippen MR) is 84.6 cm³/mol. The van der Waals surface area contributed by atoms with Gasteiger partial charge in [-0.15, -0.1) is 0 Å². The minimum absolute atomic E-state index is 0.0532. The molecule has 0 atom stereocenters. The Kier molecular flexibility index (Phi) is 5.73. The van der Waals surface area contributed by atoms with Crippen LogP contribution in [0.25, 0.3) is 0 Å². The van der Waals surface area contributed by atoms with Gasteiger partial charge in [0.25, 0.3) is 0 Å². The van der Waals surface area contributed by atoms with Gasteiger partial charge >= 0.3 is 0 Å². The lowest BCUT2D eigenvalue weighted by Gasteiger charge is -2.38. The van der Waals surface area contributed by atoms with E-state index in [9.17, 15) is 0 Å². The maximum absolute atomic E-state index is 5.57. The van der Waals surface area contributed by atoms with Gasteiger partial charge in [-0.05, 0) is 45.0 Å². The molecule has 0 N–H and O–H groups in total. The number of ether oxygens (including phenoxy) is 2. The molecule has 1 aromatic heterocycles. The van der Waals surface area contributed by atoms with Crippen molar-refractivity contribution in [1.82, 2.24) is 9.88 Å². The SMILES string of the molecule is CCc1ccc(C2(COC)CCOCC2)c(CN(C)C)n1. The third kappa shape index (κ3) is 3.82. The minimum Gasteiger partial charge on any atom is -0.384 e. The van der Waals surface area contributed by atoms with Crippen molar-refractivity contribution in [2.45, 2.75) is 38.1 Å². The molecule has 1 aromatic rings. The van der Waals surface area contributed by atoms with Crippen LogP contribution in [0.4, 0.5) is 0 Å². The molecule has 0 aliphatic carbocycles. The maximum atomic E-state index is 5.57. The van der Waals surface area contributed by atoms with E-state index in [4.69, 9.17) is 14.5 Å². The number of aryl methyl sites for hydroxylation is 1. The zero-order chi connectivity index (χ0) is 15.3. The molecule has 0 radical (unpaired) electrons. The van der Waals surface area contributed by atoms with Gasteiger partial charge in [0.2, 0.25) is 0 Å². The van der Waals surface area contributed by atoms with Crippen molar-refractivity contribution in [2.24, 2.45) is 0 Å². The molecule has 118 valence electrons. The first-order chi connectivity index (χ1) is 10.1. The Balaban J connectivity index is 2.42. The Morgan fingerprint density at radius 1 is 1.29 bits per heavy atom. The van der Waals surface area contributed by atoms with E-state index in [2.05, 4.69) is 38.1 Å². The molecule has 21 heavy (non-hydrogen) atoms. The summed E-state index contributed by atoms with van der Waals surface area (Å²) < 4.78 is 11.1. The van der Waals surface area contributed by atoms with Gasteiger partial charge in [0.1, 0.15) is 0 Å². The van der Waals surface area contributed by atoms with E-state index in [0.29, 0.717) is 0 Å². The van der Waals surface area contributed by atoms with Crippen molar-refractivity contribution >= 4 is 0 Å². The van der Waals surface area contributed by atoms with Crippen molar-refractivity contribution < 1.29 is 9.47 Å². The second-order valence-corrected chi connectivity index (χ2v) is 6.21. The van der Waals surface area contributed by atoms with E-state index in [-0.39, 0.29) is 5.41 Å². The summed E-state index contributed by atoms with van der Waals surface area (Å²) in [4.78, 5) is 7.08. The van der Waals surface area contributed by atoms with Gasteiger partial charge in [-0.25, -0.2) is 0 Å². The highest BCUT2D eigenvalue weighted by atomic mass is 16.5. The minimum atomic E-state index is 0.0532. The summed E-state index contributed by atoms with van der Waals surface area (Å²) in [5, 5.41) is 0. The second-order valence-electron chi connectivity index (χ2n) is 6.21. The molecular weight excluding hydrogens is 264 g/mol. The summed E-state index contributed by atoms with van der Waals surface area (Å²) in [5.74, 6) is 0. The van der Waals surface area contributed by atoms with Crippen molar-refractivity contribution in [1.29, 1.82) is 0 Å². The smallest absolute Gasteiger partial charge is 0.0585 e. The van der Waals surface area contributed by atoms with E-state index >= 15 is 0 Å². The largest absolute Gasteiger partial charge is 0.384 e. The maximum Gasteiger partial charge on any atom is 0.0585 e. The molecule has 2 rings (SSSR count). The first-order valence-electron chi connectivity index (χ1n) is 7.82. The van der Waals surface area contributed by atoms with Crippen LogP contribution < -0.4 is 0 Å². The monoisotopic (exact) mass is 292 g/mol. The van der Waals surface area contributed by atoms with Gasteiger partial charge in [-0.1, -0.05) is 13.0 Å². The van der Waals surface area contributed by atoms with Crippen LogP contribution in [-0.2, 0) is 27.9 Å². The molecular formula is C17H28N2O2. The fourth-order valence-electron chi connectivity index (χ4n) is 3.18. The molecule has 4 nitrogen and oxygen atoms in total. The number of hydrogen-bond acceptors (Lipinski definition) is 4. The molecule has 1 aliphatic rings. The third-order valence-corrected chi connectivity index (χ3v) is 4.30. The summed E-state index contributed by atoms with van der Waals surface area (Å²) in [6.07, 6.45) is 2.99. The average Bonchev–Trinajstić information content (AvgIpc) is 2.47. The van der Waals surface area contributed by atoms with Crippen molar-refractivity contribution in [3.63, 3.8) is 0 Å². The van der Waals surface area contributed by atoms with E-state index in [1.54, 1.807) is 7.11 Å². The molecule has 4 heteroatoms. The number of pyridine rings is 1. The van der Waals surface area contributed by atoms with E-state index in [0.717, 1.165) is 51.3 Å². The van der Waals surface area contributed by atoms with E-state index in [1.807, 2.05) is 0 Å². The van der Waals surface area contributed by atoms with Crippen molar-refractivity contribution in [2.75, 3.05) is 41.0 Å². The van der Waals surface area contributed by atoms with Gasteiger partial charge < -0.3 is 14.4 Å². The van der Waals surface area contributed by atoms with Gasteiger partial charge in [-0.2, -0.15) is 0 Å². The summed E-state index contributed by atoms with van der Waals surface area (Å²) >= 11 is 0. The van der Waals surface area contributed by atoms with Crippen LogP contribution in [-0.4, -0.2) is 50.9 Å². The predicted octanol–water partition coefficient (Wildman–Crippen LogP) is 2.40. The van der Waals surface area contributed by atoms with Crippen LogP contribution in [0.1, 0.15) is 36.7 Å². The zero-order valence-corrected chi connectivity index (χ0v) is 13.8. The Morgan fingerprint density at radius 2 is 2.00 bits per heavy atom. The first kappa shape index (κ1) is 16.4. The number of methoxy groups -OCH3 is 1. The second kappa shape index (κ2) is 7.34. The fraction of sp³-hybridized carbons (Fsp3) is 0.706. The molecule has 1 aliphatic heterocycles. The van der Waals surface area contributed by atoms with Crippen LogP contribution in [0.5, 0.6) is 0 Å². The van der Waals surface area contributed by atoms with Gasteiger partial charge in [-0.3, -0.25) is 4.98 Å². The van der Waals surface area contributed by atoms with Crippen LogP contribution in [0.3, 0.4) is 0 Å². The lowest BCUT2D eigenvalue weighted by molar-refractivity contribution is 0.0129. The van der Waals surface area contributed by atoms with Crippen molar-refractivity contribution in [3.8, 4) is 0 Å². The molecule has 2 heterocycles. The summed E-state index contributed by atoms with van der Waals surface area (Å²) in [6.45, 7) is 5.38. The number of rotatable bonds is 6. The molecule has 1 fully saturated rings. The Bertz CT molecular complexity index is 449. The van der Waals surface area contributed by atoms with Gasteiger partial charge in [0.05, 0.1) is 12.3 Å². The van der Waals surface area contributed by atoms with Crippen molar-refractivity contribution in [3.05, 3.63) is 29.1 Å². The highest BCUT2D eigenvalue weighted by molar-refractivity contribution is 5.32.